The van der Waals surface area contributed by atoms with Gasteiger partial charge >= 0.3 is 6.03 Å². The average Bonchev–Trinajstić information content (AvgIpc) is 3.11. The summed E-state index contributed by atoms with van der Waals surface area (Å²) in [5.74, 6) is 0.775. The number of likely N-dealkylation sites (tertiary alicyclic amines) is 1. The van der Waals surface area contributed by atoms with E-state index in [4.69, 9.17) is 4.52 Å². The molecule has 116 valence electrons. The third-order valence-corrected chi connectivity index (χ3v) is 4.14. The van der Waals surface area contributed by atoms with Crippen LogP contribution in [0.1, 0.15) is 41.5 Å². The van der Waals surface area contributed by atoms with E-state index in [1.165, 1.54) is 0 Å². The van der Waals surface area contributed by atoms with E-state index in [9.17, 15) is 4.79 Å². The molecule has 1 saturated heterocycles. The van der Waals surface area contributed by atoms with E-state index < -0.39 is 0 Å². The maximum absolute atomic E-state index is 12.6. The molecule has 5 heteroatoms. The van der Waals surface area contributed by atoms with Crippen LogP contribution in [0.3, 0.4) is 0 Å². The van der Waals surface area contributed by atoms with Gasteiger partial charge in [0.25, 0.3) is 0 Å². The summed E-state index contributed by atoms with van der Waals surface area (Å²) >= 11 is 0. The number of urea groups is 1. The molecule has 1 aromatic carbocycles. The Bertz CT molecular complexity index is 693. The predicted octanol–water partition coefficient (Wildman–Crippen LogP) is 3.97. The number of hydrogen-bond donors (Lipinski definition) is 1. The van der Waals surface area contributed by atoms with Crippen molar-refractivity contribution in [2.24, 2.45) is 0 Å². The van der Waals surface area contributed by atoms with E-state index in [1.807, 2.05) is 49.9 Å². The van der Waals surface area contributed by atoms with Crippen LogP contribution in [0.15, 0.2) is 28.8 Å². The number of rotatable bonds is 2. The van der Waals surface area contributed by atoms with Crippen molar-refractivity contribution in [3.8, 4) is 0 Å². The summed E-state index contributed by atoms with van der Waals surface area (Å²) in [7, 11) is 0. The molecule has 3 rings (SSSR count). The molecule has 0 radical (unpaired) electrons. The molecule has 1 aliphatic heterocycles. The maximum Gasteiger partial charge on any atom is 0.322 e. The third kappa shape index (κ3) is 2.84. The summed E-state index contributed by atoms with van der Waals surface area (Å²) in [5.41, 5.74) is 3.90. The van der Waals surface area contributed by atoms with Crippen LogP contribution in [0.4, 0.5) is 10.5 Å². The molecule has 22 heavy (non-hydrogen) atoms. The van der Waals surface area contributed by atoms with Gasteiger partial charge in [-0.05, 0) is 50.8 Å². The lowest BCUT2D eigenvalue weighted by molar-refractivity contribution is 0.204. The second-order valence-corrected chi connectivity index (χ2v) is 5.96. The topological polar surface area (TPSA) is 58.4 Å². The van der Waals surface area contributed by atoms with Gasteiger partial charge in [0.05, 0.1) is 6.04 Å². The predicted molar refractivity (Wildman–Crippen MR) is 84.9 cm³/mol. The van der Waals surface area contributed by atoms with E-state index in [2.05, 4.69) is 10.5 Å². The number of anilines is 1. The lowest BCUT2D eigenvalue weighted by Gasteiger charge is -2.24. The molecular formula is C17H21N3O2. The Morgan fingerprint density at radius 1 is 1.32 bits per heavy atom. The normalized spacial score (nSPS) is 17.8. The van der Waals surface area contributed by atoms with Crippen LogP contribution < -0.4 is 5.32 Å². The Hall–Kier alpha value is -2.30. The summed E-state index contributed by atoms with van der Waals surface area (Å²) in [6.07, 6.45) is 1.91. The zero-order chi connectivity index (χ0) is 15.7. The molecule has 1 N–H and O–H groups in total. The van der Waals surface area contributed by atoms with Crippen molar-refractivity contribution in [2.45, 2.75) is 39.7 Å². The number of nitrogens with one attached hydrogen (secondary N) is 1. The van der Waals surface area contributed by atoms with Crippen molar-refractivity contribution >= 4 is 11.7 Å². The minimum Gasteiger partial charge on any atom is -0.361 e. The van der Waals surface area contributed by atoms with Crippen LogP contribution in [0.5, 0.6) is 0 Å². The number of amides is 2. The van der Waals surface area contributed by atoms with Crippen LogP contribution in [0, 0.1) is 20.8 Å². The molecule has 1 fully saturated rings. The van der Waals surface area contributed by atoms with Crippen molar-refractivity contribution in [3.63, 3.8) is 0 Å². The highest BCUT2D eigenvalue weighted by molar-refractivity contribution is 5.90. The molecule has 1 aliphatic rings. The number of aryl methyl sites for hydroxylation is 3. The first-order chi connectivity index (χ1) is 10.5. The number of benzene rings is 1. The van der Waals surface area contributed by atoms with Gasteiger partial charge < -0.3 is 14.7 Å². The Labute approximate surface area is 130 Å². The molecule has 5 nitrogen and oxygen atoms in total. The van der Waals surface area contributed by atoms with Gasteiger partial charge in [0, 0.05) is 18.3 Å². The van der Waals surface area contributed by atoms with Crippen molar-refractivity contribution < 1.29 is 9.32 Å². The van der Waals surface area contributed by atoms with E-state index in [1.54, 1.807) is 0 Å². The smallest absolute Gasteiger partial charge is 0.322 e. The van der Waals surface area contributed by atoms with E-state index in [0.717, 1.165) is 47.7 Å². The first-order valence-corrected chi connectivity index (χ1v) is 7.62. The molecular weight excluding hydrogens is 278 g/mol. The van der Waals surface area contributed by atoms with E-state index >= 15 is 0 Å². The summed E-state index contributed by atoms with van der Waals surface area (Å²) in [6, 6.07) is 7.90. The average molecular weight is 299 g/mol. The minimum atomic E-state index is -0.0724. The van der Waals surface area contributed by atoms with Crippen molar-refractivity contribution in [3.05, 3.63) is 46.8 Å². The molecule has 2 aromatic rings. The first kappa shape index (κ1) is 14.6. The monoisotopic (exact) mass is 299 g/mol. The Morgan fingerprint density at radius 2 is 2.14 bits per heavy atom. The summed E-state index contributed by atoms with van der Waals surface area (Å²) in [5, 5.41) is 7.10. The van der Waals surface area contributed by atoms with Gasteiger partial charge in [0.2, 0.25) is 0 Å². The van der Waals surface area contributed by atoms with Gasteiger partial charge in [-0.25, -0.2) is 4.79 Å². The number of carbonyl (C=O) groups excluding carboxylic acids is 1. The fourth-order valence-electron chi connectivity index (χ4n) is 2.92. The van der Waals surface area contributed by atoms with Crippen molar-refractivity contribution in [1.82, 2.24) is 10.1 Å². The molecule has 2 amide bonds. The highest BCUT2D eigenvalue weighted by atomic mass is 16.5. The zero-order valence-electron chi connectivity index (χ0n) is 13.2. The molecule has 0 saturated carbocycles. The van der Waals surface area contributed by atoms with E-state index in [-0.39, 0.29) is 12.1 Å². The van der Waals surface area contributed by atoms with Crippen LogP contribution in [0.25, 0.3) is 0 Å². The second-order valence-electron chi connectivity index (χ2n) is 5.96. The van der Waals surface area contributed by atoms with Crippen molar-refractivity contribution in [1.29, 1.82) is 0 Å². The number of hydrogen-bond acceptors (Lipinski definition) is 3. The summed E-state index contributed by atoms with van der Waals surface area (Å²) in [6.45, 7) is 6.63. The Kier molecular flexibility index (Phi) is 3.88. The number of carbonyl (C=O) groups is 1. The molecule has 1 aromatic heterocycles. The lowest BCUT2D eigenvalue weighted by atomic mass is 10.1. The highest BCUT2D eigenvalue weighted by Crippen LogP contribution is 2.32. The van der Waals surface area contributed by atoms with Crippen LogP contribution in [0.2, 0.25) is 0 Å². The number of aromatic nitrogens is 1. The third-order valence-electron chi connectivity index (χ3n) is 4.14. The van der Waals surface area contributed by atoms with Gasteiger partial charge in [-0.15, -0.1) is 0 Å². The standard InChI is InChI=1S/C17H21N3O2/c1-11-6-7-12(2)14(9-11)18-17(21)20-8-4-5-16(20)15-10-13(3)22-19-15/h6-7,9-10,16H,4-5,8H2,1-3H3,(H,18,21). The lowest BCUT2D eigenvalue weighted by Crippen LogP contribution is -2.34. The SMILES string of the molecule is Cc1ccc(C)c(NC(=O)N2CCCC2c2cc(C)on2)c1. The van der Waals surface area contributed by atoms with Gasteiger partial charge in [0.15, 0.2) is 0 Å². The summed E-state index contributed by atoms with van der Waals surface area (Å²) in [4.78, 5) is 14.5. The van der Waals surface area contributed by atoms with Crippen LogP contribution >= 0.6 is 0 Å². The molecule has 0 bridgehead atoms. The van der Waals surface area contributed by atoms with Gasteiger partial charge in [-0.3, -0.25) is 0 Å². The van der Waals surface area contributed by atoms with Crippen LogP contribution in [-0.4, -0.2) is 22.6 Å². The molecule has 2 heterocycles. The summed E-state index contributed by atoms with van der Waals surface area (Å²) < 4.78 is 5.15. The molecule has 0 aliphatic carbocycles. The minimum absolute atomic E-state index is 0.00238. The van der Waals surface area contributed by atoms with Crippen LogP contribution in [-0.2, 0) is 0 Å². The number of nitrogens with zero attached hydrogens (tertiary/aromatic N) is 2. The Balaban J connectivity index is 1.77. The quantitative estimate of drug-likeness (QED) is 0.912. The first-order valence-electron chi connectivity index (χ1n) is 7.62. The Morgan fingerprint density at radius 3 is 2.86 bits per heavy atom. The molecule has 1 atom stereocenters. The maximum atomic E-state index is 12.6. The largest absolute Gasteiger partial charge is 0.361 e. The fraction of sp³-hybridized carbons (Fsp3) is 0.412. The van der Waals surface area contributed by atoms with Gasteiger partial charge in [0.1, 0.15) is 11.5 Å². The molecule has 0 spiro atoms. The molecule has 1 unspecified atom stereocenters. The van der Waals surface area contributed by atoms with Gasteiger partial charge in [-0.2, -0.15) is 0 Å². The fourth-order valence-corrected chi connectivity index (χ4v) is 2.92. The zero-order valence-corrected chi connectivity index (χ0v) is 13.2. The highest BCUT2D eigenvalue weighted by Gasteiger charge is 2.32. The van der Waals surface area contributed by atoms with Crippen molar-refractivity contribution in [2.75, 3.05) is 11.9 Å². The second kappa shape index (κ2) is 5.83. The van der Waals surface area contributed by atoms with E-state index in [0.29, 0.717) is 0 Å². The van der Waals surface area contributed by atoms with Gasteiger partial charge in [-0.1, -0.05) is 17.3 Å².